The Morgan fingerprint density at radius 1 is 1.30 bits per heavy atom. The summed E-state index contributed by atoms with van der Waals surface area (Å²) >= 11 is 1.48. The molecule has 27 heavy (non-hydrogen) atoms. The van der Waals surface area contributed by atoms with Crippen molar-refractivity contribution in [2.45, 2.75) is 39.2 Å². The minimum absolute atomic E-state index is 0.0247. The number of rotatable bonds is 3. The number of carbonyl (C=O) groups excluding carboxylic acids is 1. The molecule has 1 aliphatic heterocycles. The quantitative estimate of drug-likeness (QED) is 0.734. The molecule has 1 aliphatic rings. The number of aryl methyl sites for hydroxylation is 1. The Hall–Kier alpha value is -2.38. The van der Waals surface area contributed by atoms with E-state index in [1.807, 2.05) is 39.0 Å². The first-order valence-electron chi connectivity index (χ1n) is 9.05. The van der Waals surface area contributed by atoms with Crippen molar-refractivity contribution >= 4 is 33.3 Å². The third-order valence-electron chi connectivity index (χ3n) is 4.80. The Morgan fingerprint density at radius 2 is 2.15 bits per heavy atom. The number of nitrogens with zero attached hydrogens (tertiary/aromatic N) is 3. The van der Waals surface area contributed by atoms with Crippen molar-refractivity contribution in [3.8, 4) is 10.4 Å². The number of hydrogen-bond acceptors (Lipinski definition) is 6. The Morgan fingerprint density at radius 3 is 2.96 bits per heavy atom. The highest BCUT2D eigenvalue weighted by molar-refractivity contribution is 7.19. The van der Waals surface area contributed by atoms with E-state index in [1.54, 1.807) is 6.20 Å². The van der Waals surface area contributed by atoms with Crippen LogP contribution in [0.1, 0.15) is 32.4 Å². The normalized spacial score (nSPS) is 19.1. The maximum Gasteiger partial charge on any atom is 0.229 e. The highest BCUT2D eigenvalue weighted by Gasteiger charge is 2.33. The van der Waals surface area contributed by atoms with Crippen molar-refractivity contribution in [1.82, 2.24) is 15.2 Å². The van der Waals surface area contributed by atoms with Gasteiger partial charge in [0.15, 0.2) is 5.13 Å². The minimum Gasteiger partial charge on any atom is -0.376 e. The van der Waals surface area contributed by atoms with Gasteiger partial charge in [-0.3, -0.25) is 4.79 Å². The molecule has 1 saturated heterocycles. The number of amides is 1. The molecule has 1 unspecified atom stereocenters. The second-order valence-electron chi connectivity index (χ2n) is 7.58. The van der Waals surface area contributed by atoms with Crippen LogP contribution in [0.4, 0.5) is 5.13 Å². The third kappa shape index (κ3) is 3.99. The number of nitrogens with one attached hydrogen (secondary N) is 1. The zero-order chi connectivity index (χ0) is 19.0. The predicted octanol–water partition coefficient (Wildman–Crippen LogP) is 4.21. The monoisotopic (exact) mass is 382 g/mol. The van der Waals surface area contributed by atoms with Crippen molar-refractivity contribution in [3.05, 3.63) is 36.2 Å². The lowest BCUT2D eigenvalue weighted by Crippen LogP contribution is -2.39. The van der Waals surface area contributed by atoms with Crippen LogP contribution in [0.5, 0.6) is 0 Å². The topological polar surface area (TPSA) is 77.0 Å². The smallest absolute Gasteiger partial charge is 0.229 e. The van der Waals surface area contributed by atoms with Gasteiger partial charge in [-0.1, -0.05) is 17.4 Å². The van der Waals surface area contributed by atoms with Crippen LogP contribution in [0.2, 0.25) is 0 Å². The Kier molecular flexibility index (Phi) is 4.65. The molecule has 7 heteroatoms. The second kappa shape index (κ2) is 6.98. The molecule has 140 valence electrons. The highest BCUT2D eigenvalue weighted by Crippen LogP contribution is 2.33. The van der Waals surface area contributed by atoms with Crippen molar-refractivity contribution in [2.75, 3.05) is 11.9 Å². The molecule has 0 spiro atoms. The van der Waals surface area contributed by atoms with Gasteiger partial charge in [0.2, 0.25) is 5.91 Å². The number of anilines is 1. The van der Waals surface area contributed by atoms with Gasteiger partial charge in [-0.15, -0.1) is 0 Å². The van der Waals surface area contributed by atoms with Crippen LogP contribution in [0.25, 0.3) is 21.3 Å². The van der Waals surface area contributed by atoms with Crippen molar-refractivity contribution in [1.29, 1.82) is 0 Å². The Bertz CT molecular complexity index is 999. The number of carbonyl (C=O) groups is 1. The van der Waals surface area contributed by atoms with E-state index in [0.717, 1.165) is 39.9 Å². The summed E-state index contributed by atoms with van der Waals surface area (Å²) in [7, 11) is 0. The van der Waals surface area contributed by atoms with Gasteiger partial charge >= 0.3 is 0 Å². The fourth-order valence-corrected chi connectivity index (χ4v) is 4.25. The van der Waals surface area contributed by atoms with Crippen LogP contribution in [-0.2, 0) is 9.53 Å². The molecule has 0 bridgehead atoms. The first-order chi connectivity index (χ1) is 12.9. The van der Waals surface area contributed by atoms with E-state index in [0.29, 0.717) is 11.7 Å². The molecule has 0 radical (unpaired) electrons. The summed E-state index contributed by atoms with van der Waals surface area (Å²) in [5, 5.41) is 12.9. The molecule has 0 saturated carbocycles. The van der Waals surface area contributed by atoms with E-state index in [4.69, 9.17) is 4.74 Å². The molecule has 1 aromatic carbocycles. The van der Waals surface area contributed by atoms with E-state index in [1.165, 1.54) is 11.3 Å². The van der Waals surface area contributed by atoms with Crippen LogP contribution < -0.4 is 5.32 Å². The number of fused-ring (bicyclic) bond motifs is 1. The van der Waals surface area contributed by atoms with E-state index in [2.05, 4.69) is 26.6 Å². The number of ether oxygens (including phenoxy) is 1. The van der Waals surface area contributed by atoms with Gasteiger partial charge in [-0.05, 0) is 57.4 Å². The summed E-state index contributed by atoms with van der Waals surface area (Å²) in [5.41, 5.74) is 2.56. The summed E-state index contributed by atoms with van der Waals surface area (Å²) in [5.74, 6) is -0.0139. The minimum atomic E-state index is -0.250. The first-order valence-corrected chi connectivity index (χ1v) is 9.86. The van der Waals surface area contributed by atoms with Crippen LogP contribution in [-0.4, -0.2) is 33.3 Å². The van der Waals surface area contributed by atoms with Gasteiger partial charge in [-0.2, -0.15) is 10.2 Å². The van der Waals surface area contributed by atoms with Crippen molar-refractivity contribution in [3.63, 3.8) is 0 Å². The number of thiazole rings is 1. The Labute approximate surface area is 162 Å². The molecule has 4 rings (SSSR count). The maximum atomic E-state index is 12.6. The zero-order valence-corrected chi connectivity index (χ0v) is 16.5. The summed E-state index contributed by atoms with van der Waals surface area (Å²) in [6, 6.07) is 8.06. The molecule has 1 atom stereocenters. The van der Waals surface area contributed by atoms with Gasteiger partial charge in [0, 0.05) is 24.1 Å². The van der Waals surface area contributed by atoms with Gasteiger partial charge in [0.1, 0.15) is 0 Å². The van der Waals surface area contributed by atoms with Crippen LogP contribution >= 0.6 is 11.3 Å². The molecule has 3 heterocycles. The van der Waals surface area contributed by atoms with E-state index in [-0.39, 0.29) is 17.4 Å². The average molecular weight is 382 g/mol. The standard InChI is InChI=1S/C20H22N4O2S/c1-12-8-15-9-13(4-5-16(15)24-23-12)17-11-21-19(27-17)22-18(25)14-6-7-26-20(2,3)10-14/h4-5,8-9,11,14H,6-7,10H2,1-3H3,(H,21,22,25). The zero-order valence-electron chi connectivity index (χ0n) is 15.7. The van der Waals surface area contributed by atoms with E-state index in [9.17, 15) is 4.79 Å². The van der Waals surface area contributed by atoms with Crippen molar-refractivity contribution < 1.29 is 9.53 Å². The fraction of sp³-hybridized carbons (Fsp3) is 0.400. The third-order valence-corrected chi connectivity index (χ3v) is 5.76. The van der Waals surface area contributed by atoms with Gasteiger partial charge in [0.25, 0.3) is 0 Å². The second-order valence-corrected chi connectivity index (χ2v) is 8.61. The summed E-state index contributed by atoms with van der Waals surface area (Å²) < 4.78 is 5.70. The van der Waals surface area contributed by atoms with Crippen LogP contribution in [0.15, 0.2) is 30.5 Å². The largest absolute Gasteiger partial charge is 0.376 e. The highest BCUT2D eigenvalue weighted by atomic mass is 32.1. The molecule has 0 aliphatic carbocycles. The number of aromatic nitrogens is 3. The molecular formula is C20H22N4O2S. The maximum absolute atomic E-state index is 12.6. The van der Waals surface area contributed by atoms with Crippen LogP contribution in [0.3, 0.4) is 0 Å². The summed E-state index contributed by atoms with van der Waals surface area (Å²) in [6.07, 6.45) is 3.28. The summed E-state index contributed by atoms with van der Waals surface area (Å²) in [6.45, 7) is 6.60. The average Bonchev–Trinajstić information content (AvgIpc) is 3.08. The van der Waals surface area contributed by atoms with Gasteiger partial charge < -0.3 is 10.1 Å². The molecule has 1 N–H and O–H groups in total. The predicted molar refractivity (Wildman–Crippen MR) is 107 cm³/mol. The molecule has 1 amide bonds. The SMILES string of the molecule is Cc1cc2cc(-c3cnc(NC(=O)C4CCOC(C)(C)C4)s3)ccc2nn1. The first kappa shape index (κ1) is 18.0. The molecule has 3 aromatic rings. The lowest BCUT2D eigenvalue weighted by molar-refractivity contribution is -0.130. The number of benzene rings is 1. The number of hydrogen-bond donors (Lipinski definition) is 1. The fourth-order valence-electron chi connectivity index (χ4n) is 3.43. The molecule has 1 fully saturated rings. The van der Waals surface area contributed by atoms with Gasteiger partial charge in [0.05, 0.1) is 21.7 Å². The molecular weight excluding hydrogens is 360 g/mol. The van der Waals surface area contributed by atoms with Crippen LogP contribution in [0, 0.1) is 12.8 Å². The summed E-state index contributed by atoms with van der Waals surface area (Å²) in [4.78, 5) is 18.0. The lowest BCUT2D eigenvalue weighted by atomic mass is 9.88. The lowest BCUT2D eigenvalue weighted by Gasteiger charge is -2.34. The van der Waals surface area contributed by atoms with Gasteiger partial charge in [-0.25, -0.2) is 4.98 Å². The van der Waals surface area contributed by atoms with Crippen molar-refractivity contribution in [2.24, 2.45) is 5.92 Å². The Balaban J connectivity index is 1.51. The molecule has 2 aromatic heterocycles. The van der Waals surface area contributed by atoms with E-state index >= 15 is 0 Å². The molecule has 6 nitrogen and oxygen atoms in total. The van der Waals surface area contributed by atoms with E-state index < -0.39 is 0 Å².